The van der Waals surface area contributed by atoms with Crippen LogP contribution in [0.1, 0.15) is 11.1 Å². The summed E-state index contributed by atoms with van der Waals surface area (Å²) in [6.45, 7) is 3.52. The standard InChI is InChI=1S/C20H17NO8S2/c1-14-6-10-16(11-7-14)30(24,25)28-18-4-3-5-19(20(18)21(22)23)29-31(26,27)17-12-8-15(2)9-13-17/h3-13H,1-2H3. The van der Waals surface area contributed by atoms with Crippen molar-refractivity contribution in [3.8, 4) is 11.5 Å². The van der Waals surface area contributed by atoms with Gasteiger partial charge in [-0.05, 0) is 50.2 Å². The molecule has 0 saturated carbocycles. The lowest BCUT2D eigenvalue weighted by Gasteiger charge is -2.11. The Morgan fingerprint density at radius 2 is 1.03 bits per heavy atom. The van der Waals surface area contributed by atoms with E-state index < -0.39 is 42.3 Å². The highest BCUT2D eigenvalue weighted by Crippen LogP contribution is 2.39. The summed E-state index contributed by atoms with van der Waals surface area (Å²) in [7, 11) is -8.83. The normalized spacial score (nSPS) is 11.7. The van der Waals surface area contributed by atoms with Gasteiger partial charge in [-0.25, -0.2) is 0 Å². The van der Waals surface area contributed by atoms with Gasteiger partial charge in [-0.1, -0.05) is 41.5 Å². The topological polar surface area (TPSA) is 130 Å². The molecule has 0 aliphatic rings. The second kappa shape index (κ2) is 8.36. The van der Waals surface area contributed by atoms with Crippen LogP contribution in [0.25, 0.3) is 0 Å². The Hall–Kier alpha value is -3.44. The number of nitro benzene ring substituents is 1. The summed E-state index contributed by atoms with van der Waals surface area (Å²) in [6.07, 6.45) is 0. The van der Waals surface area contributed by atoms with E-state index in [1.165, 1.54) is 30.3 Å². The van der Waals surface area contributed by atoms with Gasteiger partial charge >= 0.3 is 25.9 Å². The summed E-state index contributed by atoms with van der Waals surface area (Å²) in [4.78, 5) is 10.2. The number of hydrogen-bond acceptors (Lipinski definition) is 8. The van der Waals surface area contributed by atoms with Crippen molar-refractivity contribution in [2.45, 2.75) is 23.6 Å². The van der Waals surface area contributed by atoms with Crippen LogP contribution in [0.2, 0.25) is 0 Å². The SMILES string of the molecule is Cc1ccc(S(=O)(=O)Oc2cccc(OS(=O)(=O)c3ccc(C)cc3)c2[N+](=O)[O-])cc1. The van der Waals surface area contributed by atoms with Gasteiger partial charge in [-0.2, -0.15) is 16.8 Å². The van der Waals surface area contributed by atoms with Crippen LogP contribution in [0.15, 0.2) is 76.5 Å². The van der Waals surface area contributed by atoms with E-state index in [4.69, 9.17) is 8.37 Å². The van der Waals surface area contributed by atoms with Crippen molar-refractivity contribution >= 4 is 25.9 Å². The molecule has 0 amide bonds. The van der Waals surface area contributed by atoms with Crippen LogP contribution in [0.5, 0.6) is 11.5 Å². The molecule has 0 fully saturated rings. The highest BCUT2D eigenvalue weighted by Gasteiger charge is 2.30. The number of rotatable bonds is 7. The molecule has 0 N–H and O–H groups in total. The molecular formula is C20H17NO8S2. The number of aryl methyl sites for hydroxylation is 2. The van der Waals surface area contributed by atoms with Crippen molar-refractivity contribution in [1.29, 1.82) is 0 Å². The zero-order chi connectivity index (χ0) is 22.8. The van der Waals surface area contributed by atoms with Gasteiger partial charge in [0.1, 0.15) is 9.79 Å². The van der Waals surface area contributed by atoms with Crippen LogP contribution in [0.3, 0.4) is 0 Å². The molecule has 3 aromatic rings. The van der Waals surface area contributed by atoms with Crippen LogP contribution >= 0.6 is 0 Å². The first-order chi connectivity index (χ1) is 14.5. The van der Waals surface area contributed by atoms with Crippen LogP contribution in [-0.2, 0) is 20.2 Å². The quantitative estimate of drug-likeness (QED) is 0.294. The van der Waals surface area contributed by atoms with Crippen molar-refractivity contribution in [2.24, 2.45) is 0 Å². The largest absolute Gasteiger partial charge is 0.371 e. The highest BCUT2D eigenvalue weighted by molar-refractivity contribution is 7.87. The Morgan fingerprint density at radius 1 is 0.677 bits per heavy atom. The van der Waals surface area contributed by atoms with Gasteiger partial charge in [0.25, 0.3) is 0 Å². The lowest BCUT2D eigenvalue weighted by atomic mass is 10.2. The second-order valence-electron chi connectivity index (χ2n) is 6.56. The molecule has 162 valence electrons. The Bertz CT molecular complexity index is 1240. The molecule has 0 spiro atoms. The van der Waals surface area contributed by atoms with Crippen LogP contribution in [-0.4, -0.2) is 21.8 Å². The summed E-state index contributed by atoms with van der Waals surface area (Å²) in [5, 5.41) is 11.6. The van der Waals surface area contributed by atoms with Gasteiger partial charge in [0.05, 0.1) is 4.92 Å². The Balaban J connectivity index is 2.01. The number of hydrogen-bond donors (Lipinski definition) is 0. The first-order valence-electron chi connectivity index (χ1n) is 8.79. The number of nitrogens with zero attached hydrogens (tertiary/aromatic N) is 1. The molecule has 11 heteroatoms. The van der Waals surface area contributed by atoms with Crippen molar-refractivity contribution in [3.63, 3.8) is 0 Å². The van der Waals surface area contributed by atoms with Gasteiger partial charge < -0.3 is 8.37 Å². The summed E-state index contributed by atoms with van der Waals surface area (Å²) in [6, 6.07) is 14.6. The zero-order valence-electron chi connectivity index (χ0n) is 16.4. The minimum atomic E-state index is -4.41. The van der Waals surface area contributed by atoms with Gasteiger partial charge in [-0.3, -0.25) is 10.1 Å². The van der Waals surface area contributed by atoms with Crippen molar-refractivity contribution in [2.75, 3.05) is 0 Å². The van der Waals surface area contributed by atoms with E-state index in [1.54, 1.807) is 38.1 Å². The minimum absolute atomic E-state index is 0.217. The fourth-order valence-corrected chi connectivity index (χ4v) is 4.43. The average molecular weight is 463 g/mol. The monoisotopic (exact) mass is 463 g/mol. The predicted octanol–water partition coefficient (Wildman–Crippen LogP) is 3.75. The molecule has 3 aromatic carbocycles. The molecule has 0 heterocycles. The molecule has 0 bridgehead atoms. The van der Waals surface area contributed by atoms with E-state index in [-0.39, 0.29) is 9.79 Å². The Morgan fingerprint density at radius 3 is 1.35 bits per heavy atom. The number of benzene rings is 3. The summed E-state index contributed by atoms with van der Waals surface area (Å²) in [5.41, 5.74) is 0.678. The molecule has 3 rings (SSSR count). The average Bonchev–Trinajstić information content (AvgIpc) is 2.68. The third-order valence-corrected chi connectivity index (χ3v) is 6.66. The summed E-state index contributed by atoms with van der Waals surface area (Å²) in [5.74, 6) is -1.36. The maximum absolute atomic E-state index is 12.5. The smallest absolute Gasteiger partial charge is 0.355 e. The third-order valence-electron chi connectivity index (χ3n) is 4.16. The van der Waals surface area contributed by atoms with E-state index in [0.717, 1.165) is 23.3 Å². The first kappa shape index (κ1) is 22.2. The fraction of sp³-hybridized carbons (Fsp3) is 0.100. The maximum Gasteiger partial charge on any atom is 0.355 e. The fourth-order valence-electron chi connectivity index (χ4n) is 2.56. The lowest BCUT2D eigenvalue weighted by molar-refractivity contribution is -0.386. The van der Waals surface area contributed by atoms with E-state index in [1.807, 2.05) is 0 Å². The molecule has 0 aromatic heterocycles. The van der Waals surface area contributed by atoms with Crippen molar-refractivity contribution in [3.05, 3.63) is 88.0 Å². The van der Waals surface area contributed by atoms with Gasteiger partial charge in [0.15, 0.2) is 0 Å². The number of nitro groups is 1. The van der Waals surface area contributed by atoms with Gasteiger partial charge in [-0.15, -0.1) is 0 Å². The van der Waals surface area contributed by atoms with Crippen LogP contribution in [0, 0.1) is 24.0 Å². The van der Waals surface area contributed by atoms with E-state index in [2.05, 4.69) is 0 Å². The maximum atomic E-state index is 12.5. The molecule has 0 atom stereocenters. The van der Waals surface area contributed by atoms with Gasteiger partial charge in [0.2, 0.25) is 11.5 Å². The lowest BCUT2D eigenvalue weighted by Crippen LogP contribution is -2.13. The Kier molecular flexibility index (Phi) is 6.00. The van der Waals surface area contributed by atoms with Crippen molar-refractivity contribution < 1.29 is 30.1 Å². The molecule has 0 saturated heterocycles. The second-order valence-corrected chi connectivity index (χ2v) is 9.65. The molecule has 0 aliphatic heterocycles. The molecule has 0 unspecified atom stereocenters. The zero-order valence-corrected chi connectivity index (χ0v) is 18.0. The Labute approximate surface area is 179 Å². The predicted molar refractivity (Wildman–Crippen MR) is 111 cm³/mol. The van der Waals surface area contributed by atoms with Gasteiger partial charge in [0, 0.05) is 0 Å². The molecule has 31 heavy (non-hydrogen) atoms. The van der Waals surface area contributed by atoms with E-state index in [9.17, 15) is 26.9 Å². The molecule has 9 nitrogen and oxygen atoms in total. The molecule has 0 aliphatic carbocycles. The van der Waals surface area contributed by atoms with Crippen LogP contribution < -0.4 is 8.37 Å². The third kappa shape index (κ3) is 5.01. The number of para-hydroxylation sites is 1. The molecular weight excluding hydrogens is 446 g/mol. The summed E-state index contributed by atoms with van der Waals surface area (Å²) >= 11 is 0. The molecule has 0 radical (unpaired) electrons. The van der Waals surface area contributed by atoms with E-state index in [0.29, 0.717) is 0 Å². The minimum Gasteiger partial charge on any atom is -0.371 e. The van der Waals surface area contributed by atoms with Crippen molar-refractivity contribution in [1.82, 2.24) is 0 Å². The summed E-state index contributed by atoms with van der Waals surface area (Å²) < 4.78 is 60.0. The highest BCUT2D eigenvalue weighted by atomic mass is 32.2. The van der Waals surface area contributed by atoms with E-state index >= 15 is 0 Å². The van der Waals surface area contributed by atoms with Crippen LogP contribution in [0.4, 0.5) is 5.69 Å². The first-order valence-corrected chi connectivity index (χ1v) is 11.6.